The average molecular weight is 433 g/mol. The number of hydrogen-bond donors (Lipinski definition) is 5. The van der Waals surface area contributed by atoms with Gasteiger partial charge in [0.15, 0.2) is 5.84 Å². The molecule has 9 nitrogen and oxygen atoms in total. The van der Waals surface area contributed by atoms with Crippen molar-refractivity contribution in [3.05, 3.63) is 41.5 Å². The number of halogens is 1. The summed E-state index contributed by atoms with van der Waals surface area (Å²) in [5, 5.41) is 23.0. The first-order chi connectivity index (χ1) is 14.8. The normalized spacial score (nSPS) is 22.6. The monoisotopic (exact) mass is 432 g/mol. The van der Waals surface area contributed by atoms with Crippen LogP contribution >= 0.6 is 0 Å². The average Bonchev–Trinajstić information content (AvgIpc) is 2.79. The number of carbonyl (C=O) groups excluding carboxylic acids is 1. The molecule has 0 aromatic heterocycles. The maximum Gasteiger partial charge on any atom is 0.335 e. The fourth-order valence-electron chi connectivity index (χ4n) is 4.13. The number of amides is 1. The largest absolute Gasteiger partial charge is 0.478 e. The van der Waals surface area contributed by atoms with Crippen molar-refractivity contribution < 1.29 is 19.1 Å². The molecule has 3 rings (SSSR count). The molecule has 31 heavy (non-hydrogen) atoms. The number of hydrogen-bond acceptors (Lipinski definition) is 6. The minimum Gasteiger partial charge on any atom is -0.478 e. The van der Waals surface area contributed by atoms with Gasteiger partial charge >= 0.3 is 5.97 Å². The van der Waals surface area contributed by atoms with Crippen LogP contribution < -0.4 is 16.4 Å². The molecule has 2 aliphatic rings. The highest BCUT2D eigenvalue weighted by Gasteiger charge is 2.36. The smallest absolute Gasteiger partial charge is 0.335 e. The van der Waals surface area contributed by atoms with Crippen molar-refractivity contribution >= 4 is 23.4 Å². The van der Waals surface area contributed by atoms with Crippen molar-refractivity contribution in [2.45, 2.75) is 37.8 Å². The molecule has 6 N–H and O–H groups in total. The number of nitrogens with zero attached hydrogens (tertiary/aromatic N) is 2. The summed E-state index contributed by atoms with van der Waals surface area (Å²) in [6.07, 6.45) is 2.97. The molecule has 0 bridgehead atoms. The Kier molecular flexibility index (Phi) is 6.98. The highest BCUT2D eigenvalue weighted by atomic mass is 19.1. The number of rotatable bonds is 6. The zero-order valence-corrected chi connectivity index (χ0v) is 17.5. The predicted molar refractivity (Wildman–Crippen MR) is 115 cm³/mol. The number of amidine groups is 1. The van der Waals surface area contributed by atoms with Crippen LogP contribution in [0.25, 0.3) is 0 Å². The minimum absolute atomic E-state index is 0.0592. The van der Waals surface area contributed by atoms with Crippen LogP contribution in [0.4, 0.5) is 10.1 Å². The molecular weight excluding hydrogens is 403 g/mol. The van der Waals surface area contributed by atoms with Gasteiger partial charge in [-0.25, -0.2) is 4.79 Å². The molecule has 1 aromatic rings. The molecule has 1 unspecified atom stereocenters. The molecular formula is C21H29FN6O3. The highest BCUT2D eigenvalue weighted by Crippen LogP contribution is 2.25. The number of carbonyl (C=O) groups is 2. The fraction of sp³-hybridized carbons (Fsp3) is 0.476. The topological polar surface area (TPSA) is 135 Å². The molecule has 2 heterocycles. The van der Waals surface area contributed by atoms with Gasteiger partial charge in [-0.15, -0.1) is 0 Å². The van der Waals surface area contributed by atoms with Gasteiger partial charge in [0.05, 0.1) is 5.56 Å². The summed E-state index contributed by atoms with van der Waals surface area (Å²) in [5.41, 5.74) is 6.30. The van der Waals surface area contributed by atoms with E-state index in [0.29, 0.717) is 31.7 Å². The number of likely N-dealkylation sites (tertiary alicyclic amines) is 2. The maximum atomic E-state index is 14.3. The number of carboxylic acid groups (broad SMARTS) is 1. The molecule has 168 valence electrons. The van der Waals surface area contributed by atoms with Crippen LogP contribution in [-0.2, 0) is 4.79 Å². The molecule has 2 atom stereocenters. The van der Waals surface area contributed by atoms with Gasteiger partial charge in [-0.05, 0) is 43.9 Å². The van der Waals surface area contributed by atoms with Crippen LogP contribution in [0, 0.1) is 5.41 Å². The van der Waals surface area contributed by atoms with Crippen LogP contribution in [0.3, 0.4) is 0 Å². The Morgan fingerprint density at radius 1 is 1.29 bits per heavy atom. The minimum atomic E-state index is -1.02. The molecule has 0 aliphatic carbocycles. The summed E-state index contributed by atoms with van der Waals surface area (Å²) in [6, 6.07) is 5.82. The first-order valence-electron chi connectivity index (χ1n) is 10.4. The Morgan fingerprint density at radius 3 is 2.74 bits per heavy atom. The van der Waals surface area contributed by atoms with Crippen molar-refractivity contribution in [2.75, 3.05) is 32.0 Å². The summed E-state index contributed by atoms with van der Waals surface area (Å²) in [7, 11) is 1.49. The van der Waals surface area contributed by atoms with E-state index < -0.39 is 17.8 Å². The quantitative estimate of drug-likeness (QED) is 0.340. The number of anilines is 1. The summed E-state index contributed by atoms with van der Waals surface area (Å²) in [4.78, 5) is 27.8. The van der Waals surface area contributed by atoms with Gasteiger partial charge in [0.25, 0.3) is 0 Å². The zero-order valence-electron chi connectivity index (χ0n) is 17.5. The number of nitrogens with two attached hydrogens (primary N) is 1. The van der Waals surface area contributed by atoms with E-state index in [2.05, 4.69) is 10.6 Å². The van der Waals surface area contributed by atoms with Gasteiger partial charge in [-0.1, -0.05) is 6.07 Å². The Labute approximate surface area is 180 Å². The number of benzene rings is 1. The van der Waals surface area contributed by atoms with Crippen molar-refractivity contribution in [3.63, 3.8) is 0 Å². The molecule has 2 fully saturated rings. The summed E-state index contributed by atoms with van der Waals surface area (Å²) >= 11 is 0. The van der Waals surface area contributed by atoms with Crippen LogP contribution in [-0.4, -0.2) is 71.4 Å². The van der Waals surface area contributed by atoms with E-state index in [4.69, 9.17) is 11.1 Å². The molecule has 1 aromatic carbocycles. The van der Waals surface area contributed by atoms with Gasteiger partial charge in [0.2, 0.25) is 11.7 Å². The summed E-state index contributed by atoms with van der Waals surface area (Å²) in [6.45, 7) is 1.51. The third kappa shape index (κ3) is 5.07. The van der Waals surface area contributed by atoms with Gasteiger partial charge in [-0.2, -0.15) is 4.39 Å². The number of aromatic carboxylic acids is 1. The van der Waals surface area contributed by atoms with E-state index in [1.165, 1.54) is 19.2 Å². The lowest BCUT2D eigenvalue weighted by molar-refractivity contribution is -0.137. The second kappa shape index (κ2) is 9.67. The van der Waals surface area contributed by atoms with Crippen LogP contribution in [0.1, 0.15) is 36.0 Å². The zero-order chi connectivity index (χ0) is 22.5. The molecule has 0 saturated carbocycles. The first kappa shape index (κ1) is 22.4. The Morgan fingerprint density at radius 2 is 2.03 bits per heavy atom. The molecule has 0 spiro atoms. The third-order valence-corrected chi connectivity index (χ3v) is 5.79. The fourth-order valence-corrected chi connectivity index (χ4v) is 4.13. The molecule has 0 radical (unpaired) electrons. The Bertz CT molecular complexity index is 890. The first-order valence-corrected chi connectivity index (χ1v) is 10.4. The van der Waals surface area contributed by atoms with Crippen molar-refractivity contribution in [3.8, 4) is 0 Å². The lowest BCUT2D eigenvalue weighted by Gasteiger charge is -2.43. The molecule has 1 amide bonds. The maximum absolute atomic E-state index is 14.3. The second-order valence-electron chi connectivity index (χ2n) is 7.83. The van der Waals surface area contributed by atoms with E-state index in [1.807, 2.05) is 4.90 Å². The van der Waals surface area contributed by atoms with E-state index in [1.54, 1.807) is 17.0 Å². The third-order valence-electron chi connectivity index (χ3n) is 5.79. The van der Waals surface area contributed by atoms with Gasteiger partial charge in [0.1, 0.15) is 11.9 Å². The van der Waals surface area contributed by atoms with Crippen LogP contribution in [0.15, 0.2) is 35.9 Å². The second-order valence-corrected chi connectivity index (χ2v) is 7.83. The van der Waals surface area contributed by atoms with Crippen LogP contribution in [0.5, 0.6) is 0 Å². The number of piperidine rings is 2. The SMILES string of the molecule is CN/C(N)=C(/F)C(=N)N1CCC[C@@H](N2CCCC(Nc3cccc(C(=O)O)c3)C2=O)C1. The predicted octanol–water partition coefficient (Wildman–Crippen LogP) is 1.55. The van der Waals surface area contributed by atoms with Gasteiger partial charge < -0.3 is 31.3 Å². The van der Waals surface area contributed by atoms with E-state index in [9.17, 15) is 19.1 Å². The highest BCUT2D eigenvalue weighted by molar-refractivity contribution is 5.94. The Hall–Kier alpha value is -3.30. The van der Waals surface area contributed by atoms with E-state index >= 15 is 0 Å². The lowest BCUT2D eigenvalue weighted by Crippen LogP contribution is -2.57. The van der Waals surface area contributed by atoms with Crippen molar-refractivity contribution in [2.24, 2.45) is 5.73 Å². The van der Waals surface area contributed by atoms with Crippen molar-refractivity contribution in [1.29, 1.82) is 5.41 Å². The van der Waals surface area contributed by atoms with Gasteiger partial charge in [0, 0.05) is 38.4 Å². The molecule has 2 saturated heterocycles. The number of carboxylic acids is 1. The lowest BCUT2D eigenvalue weighted by atomic mass is 9.97. The standard InChI is InChI=1S/C21H29FN6O3/c1-25-18(23)17(22)19(24)27-9-3-7-15(12-27)28-10-4-8-16(20(28)29)26-14-6-2-5-13(11-14)21(30)31/h2,5-6,11,15-16,24-26H,3-4,7-10,12,23H2,1H3,(H,30,31)/b18-17+,24-19?/t15-,16?/m1/s1. The summed E-state index contributed by atoms with van der Waals surface area (Å²) in [5.74, 6) is -2.34. The van der Waals surface area contributed by atoms with Gasteiger partial charge in [-0.3, -0.25) is 10.2 Å². The van der Waals surface area contributed by atoms with Crippen molar-refractivity contribution in [1.82, 2.24) is 15.1 Å². The van der Waals surface area contributed by atoms with E-state index in [-0.39, 0.29) is 29.2 Å². The van der Waals surface area contributed by atoms with E-state index in [0.717, 1.165) is 19.3 Å². The molecule has 10 heteroatoms. The Balaban J connectivity index is 1.68. The summed E-state index contributed by atoms with van der Waals surface area (Å²) < 4.78 is 14.3. The molecule has 2 aliphatic heterocycles. The van der Waals surface area contributed by atoms with Crippen LogP contribution in [0.2, 0.25) is 0 Å². The number of nitrogens with one attached hydrogen (secondary N) is 3.